The number of rotatable bonds is 7. The van der Waals surface area contributed by atoms with E-state index in [4.69, 9.17) is 9.84 Å². The van der Waals surface area contributed by atoms with Crippen molar-refractivity contribution in [1.82, 2.24) is 9.97 Å². The second kappa shape index (κ2) is 7.76. The van der Waals surface area contributed by atoms with Crippen LogP contribution in [0.3, 0.4) is 0 Å². The van der Waals surface area contributed by atoms with Crippen LogP contribution in [-0.2, 0) is 11.2 Å². The summed E-state index contributed by atoms with van der Waals surface area (Å²) in [5.41, 5.74) is 1.73. The lowest BCUT2D eigenvalue weighted by atomic mass is 10.1. The van der Waals surface area contributed by atoms with Gasteiger partial charge in [-0.3, -0.25) is 4.79 Å². The molecule has 1 aromatic carbocycles. The molecule has 6 nitrogen and oxygen atoms in total. The van der Waals surface area contributed by atoms with Crippen LogP contribution in [0.4, 0.5) is 10.9 Å². The second-order valence-electron chi connectivity index (χ2n) is 5.42. The van der Waals surface area contributed by atoms with Gasteiger partial charge in [0, 0.05) is 18.0 Å². The Morgan fingerprint density at radius 3 is 2.80 bits per heavy atom. The molecular weight excluding hydrogens is 338 g/mol. The molecule has 128 valence electrons. The Morgan fingerprint density at radius 1 is 1.32 bits per heavy atom. The summed E-state index contributed by atoms with van der Waals surface area (Å²) < 4.78 is 5.94. The van der Waals surface area contributed by atoms with Crippen molar-refractivity contribution in [1.29, 1.82) is 0 Å². The topological polar surface area (TPSA) is 84.3 Å². The quantitative estimate of drug-likeness (QED) is 0.653. The summed E-state index contributed by atoms with van der Waals surface area (Å²) in [5.74, 6) is 0.906. The SMILES string of the molecule is Cc1csc(Nc2ncc(CCC(=O)O)cc2Oc2ccccc2)n1. The summed E-state index contributed by atoms with van der Waals surface area (Å²) in [6, 6.07) is 11.2. The highest BCUT2D eigenvalue weighted by atomic mass is 32.1. The molecule has 0 spiro atoms. The summed E-state index contributed by atoms with van der Waals surface area (Å²) in [6.07, 6.45) is 2.10. The number of aryl methyl sites for hydroxylation is 2. The first kappa shape index (κ1) is 16.9. The van der Waals surface area contributed by atoms with Crippen molar-refractivity contribution in [2.75, 3.05) is 5.32 Å². The van der Waals surface area contributed by atoms with Gasteiger partial charge in [-0.05, 0) is 37.1 Å². The molecule has 2 aromatic heterocycles. The minimum Gasteiger partial charge on any atom is -0.481 e. The van der Waals surface area contributed by atoms with Crippen molar-refractivity contribution >= 4 is 28.3 Å². The number of nitrogens with one attached hydrogen (secondary N) is 1. The van der Waals surface area contributed by atoms with Crippen LogP contribution in [-0.4, -0.2) is 21.0 Å². The van der Waals surface area contributed by atoms with Gasteiger partial charge in [0.25, 0.3) is 0 Å². The molecule has 2 N–H and O–H groups in total. The second-order valence-corrected chi connectivity index (χ2v) is 6.28. The van der Waals surface area contributed by atoms with E-state index in [2.05, 4.69) is 15.3 Å². The Balaban J connectivity index is 1.87. The molecule has 0 aliphatic carbocycles. The van der Waals surface area contributed by atoms with E-state index in [1.165, 1.54) is 11.3 Å². The number of benzene rings is 1. The smallest absolute Gasteiger partial charge is 0.303 e. The Morgan fingerprint density at radius 2 is 2.12 bits per heavy atom. The molecular formula is C18H17N3O3S. The number of thiazole rings is 1. The number of carbonyl (C=O) groups is 1. The van der Waals surface area contributed by atoms with Crippen molar-refractivity contribution in [3.05, 3.63) is 59.2 Å². The van der Waals surface area contributed by atoms with Gasteiger partial charge in [0.1, 0.15) is 5.75 Å². The highest BCUT2D eigenvalue weighted by molar-refractivity contribution is 7.13. The molecule has 25 heavy (non-hydrogen) atoms. The fraction of sp³-hybridized carbons (Fsp3) is 0.167. The molecule has 0 aliphatic heterocycles. The van der Waals surface area contributed by atoms with Gasteiger partial charge in [0.2, 0.25) is 0 Å². The van der Waals surface area contributed by atoms with Crippen LogP contribution < -0.4 is 10.1 Å². The molecule has 0 radical (unpaired) electrons. The molecule has 0 unspecified atom stereocenters. The lowest BCUT2D eigenvalue weighted by molar-refractivity contribution is -0.136. The summed E-state index contributed by atoms with van der Waals surface area (Å²) >= 11 is 1.48. The molecule has 3 rings (SSSR count). The van der Waals surface area contributed by atoms with Crippen LogP contribution in [0, 0.1) is 6.92 Å². The van der Waals surface area contributed by atoms with E-state index < -0.39 is 5.97 Å². The van der Waals surface area contributed by atoms with Gasteiger partial charge in [-0.1, -0.05) is 18.2 Å². The summed E-state index contributed by atoms with van der Waals surface area (Å²) in [4.78, 5) is 19.6. The number of ether oxygens (including phenoxy) is 1. The van der Waals surface area contributed by atoms with Gasteiger partial charge in [-0.15, -0.1) is 11.3 Å². The molecule has 0 saturated carbocycles. The number of aliphatic carboxylic acids is 1. The largest absolute Gasteiger partial charge is 0.481 e. The number of hydrogen-bond donors (Lipinski definition) is 2. The zero-order chi connectivity index (χ0) is 17.6. The number of para-hydroxylation sites is 1. The first-order valence-electron chi connectivity index (χ1n) is 7.73. The number of aromatic nitrogens is 2. The summed E-state index contributed by atoms with van der Waals surface area (Å²) in [6.45, 7) is 1.92. The third-order valence-corrected chi connectivity index (χ3v) is 4.23. The predicted molar refractivity (Wildman–Crippen MR) is 96.8 cm³/mol. The maximum absolute atomic E-state index is 10.8. The standard InChI is InChI=1S/C18H17N3O3S/c1-12-11-25-18(20-12)21-17-15(24-14-5-3-2-4-6-14)9-13(10-19-17)7-8-16(22)23/h2-6,9-11H,7-8H2,1H3,(H,22,23)(H,19,20,21). The average molecular weight is 355 g/mol. The first-order chi connectivity index (χ1) is 12.1. The number of anilines is 2. The van der Waals surface area contributed by atoms with Crippen molar-refractivity contribution in [2.24, 2.45) is 0 Å². The van der Waals surface area contributed by atoms with E-state index in [1.54, 1.807) is 6.20 Å². The number of pyridine rings is 1. The zero-order valence-corrected chi connectivity index (χ0v) is 14.4. The summed E-state index contributed by atoms with van der Waals surface area (Å²) in [7, 11) is 0. The lowest BCUT2D eigenvalue weighted by Crippen LogP contribution is -2.01. The fourth-order valence-electron chi connectivity index (χ4n) is 2.17. The van der Waals surface area contributed by atoms with Crippen LogP contribution in [0.15, 0.2) is 48.0 Å². The number of carboxylic acids is 1. The van der Waals surface area contributed by atoms with Gasteiger partial charge in [-0.25, -0.2) is 9.97 Å². The normalized spacial score (nSPS) is 10.4. The van der Waals surface area contributed by atoms with Crippen molar-refractivity contribution < 1.29 is 14.6 Å². The van der Waals surface area contributed by atoms with Gasteiger partial charge in [0.15, 0.2) is 16.7 Å². The monoisotopic (exact) mass is 355 g/mol. The van der Waals surface area contributed by atoms with E-state index in [9.17, 15) is 4.79 Å². The molecule has 0 bridgehead atoms. The van der Waals surface area contributed by atoms with Crippen molar-refractivity contribution in [3.63, 3.8) is 0 Å². The third-order valence-electron chi connectivity index (χ3n) is 3.35. The Bertz CT molecular complexity index is 865. The zero-order valence-electron chi connectivity index (χ0n) is 13.6. The Hall–Kier alpha value is -2.93. The van der Waals surface area contributed by atoms with Crippen LogP contribution in [0.1, 0.15) is 17.7 Å². The molecule has 0 amide bonds. The van der Waals surface area contributed by atoms with E-state index in [0.29, 0.717) is 23.7 Å². The van der Waals surface area contributed by atoms with Crippen molar-refractivity contribution in [3.8, 4) is 11.5 Å². The van der Waals surface area contributed by atoms with Gasteiger partial charge < -0.3 is 15.2 Å². The van der Waals surface area contributed by atoms with Crippen LogP contribution in [0.5, 0.6) is 11.5 Å². The number of carboxylic acid groups (broad SMARTS) is 1. The van der Waals surface area contributed by atoms with E-state index in [1.807, 2.05) is 48.7 Å². The molecule has 2 heterocycles. The van der Waals surface area contributed by atoms with E-state index >= 15 is 0 Å². The van der Waals surface area contributed by atoms with E-state index in [0.717, 1.165) is 16.4 Å². The third kappa shape index (κ3) is 4.77. The van der Waals surface area contributed by atoms with Crippen LogP contribution in [0.25, 0.3) is 0 Å². The lowest BCUT2D eigenvalue weighted by Gasteiger charge is -2.12. The minimum absolute atomic E-state index is 0.0465. The van der Waals surface area contributed by atoms with Gasteiger partial charge in [0.05, 0.1) is 5.69 Å². The van der Waals surface area contributed by atoms with Crippen LogP contribution in [0.2, 0.25) is 0 Å². The maximum Gasteiger partial charge on any atom is 0.303 e. The van der Waals surface area contributed by atoms with Crippen LogP contribution >= 0.6 is 11.3 Å². The molecule has 0 fully saturated rings. The minimum atomic E-state index is -0.842. The average Bonchev–Trinajstić information content (AvgIpc) is 3.01. The Labute approximate surface area is 149 Å². The summed E-state index contributed by atoms with van der Waals surface area (Å²) in [5, 5.41) is 14.7. The number of hydrogen-bond acceptors (Lipinski definition) is 6. The predicted octanol–water partition coefficient (Wildman–Crippen LogP) is 4.40. The molecule has 0 atom stereocenters. The molecule has 0 saturated heterocycles. The molecule has 3 aromatic rings. The molecule has 7 heteroatoms. The first-order valence-corrected chi connectivity index (χ1v) is 8.61. The highest BCUT2D eigenvalue weighted by Gasteiger charge is 2.11. The van der Waals surface area contributed by atoms with Gasteiger partial charge >= 0.3 is 5.97 Å². The van der Waals surface area contributed by atoms with Gasteiger partial charge in [-0.2, -0.15) is 0 Å². The highest BCUT2D eigenvalue weighted by Crippen LogP contribution is 2.32. The molecule has 0 aliphatic rings. The Kier molecular flexibility index (Phi) is 5.25. The van der Waals surface area contributed by atoms with E-state index in [-0.39, 0.29) is 6.42 Å². The van der Waals surface area contributed by atoms with Crippen molar-refractivity contribution in [2.45, 2.75) is 19.8 Å². The number of nitrogens with zero attached hydrogens (tertiary/aromatic N) is 2. The fourth-order valence-corrected chi connectivity index (χ4v) is 2.86. The maximum atomic E-state index is 10.8.